The molecular weight excluding hydrogens is 440 g/mol. The number of aliphatic hydroxyl groups is 2. The zero-order chi connectivity index (χ0) is 23.3. The Kier molecular flexibility index (Phi) is 4.81. The van der Waals surface area contributed by atoms with E-state index in [4.69, 9.17) is 20.9 Å². The minimum atomic E-state index is -1.39. The Bertz CT molecular complexity index is 1440. The first-order valence-electron chi connectivity index (χ1n) is 9.47. The van der Waals surface area contributed by atoms with Gasteiger partial charge in [0.25, 0.3) is 5.56 Å². The molecule has 1 fully saturated rings. The molecule has 1 aliphatic heterocycles. The zero-order valence-electron chi connectivity index (χ0n) is 16.6. The van der Waals surface area contributed by atoms with E-state index >= 15 is 0 Å². The van der Waals surface area contributed by atoms with Gasteiger partial charge in [-0.15, -0.1) is 0 Å². The summed E-state index contributed by atoms with van der Waals surface area (Å²) in [6.45, 7) is -0.423. The number of imidazole rings is 1. The second kappa shape index (κ2) is 7.69. The van der Waals surface area contributed by atoms with E-state index in [0.29, 0.717) is 11.2 Å². The first-order valence-corrected chi connectivity index (χ1v) is 9.47. The van der Waals surface area contributed by atoms with Gasteiger partial charge in [0.1, 0.15) is 36.8 Å². The third-order valence-electron chi connectivity index (χ3n) is 5.02. The number of fused-ring (bicyclic) bond motifs is 2. The van der Waals surface area contributed by atoms with Crippen LogP contribution in [0.4, 0.5) is 11.8 Å². The van der Waals surface area contributed by atoms with Gasteiger partial charge >= 0.3 is 5.97 Å². The molecular formula is C17H16N10O6. The lowest BCUT2D eigenvalue weighted by Gasteiger charge is -2.16. The van der Waals surface area contributed by atoms with Crippen molar-refractivity contribution in [3.63, 3.8) is 0 Å². The second-order valence-corrected chi connectivity index (χ2v) is 7.11. The Hall–Kier alpha value is -4.28. The molecule has 0 aliphatic carbocycles. The number of nitrogens with one attached hydrogen (secondary N) is 1. The molecule has 5 rings (SSSR count). The third-order valence-corrected chi connectivity index (χ3v) is 5.02. The van der Waals surface area contributed by atoms with Gasteiger partial charge in [0, 0.05) is 0 Å². The number of H-pyrrole nitrogens is 1. The summed E-state index contributed by atoms with van der Waals surface area (Å²) in [4.78, 5) is 50.2. The predicted molar refractivity (Wildman–Crippen MR) is 108 cm³/mol. The zero-order valence-corrected chi connectivity index (χ0v) is 16.6. The van der Waals surface area contributed by atoms with Crippen LogP contribution in [0, 0.1) is 0 Å². The van der Waals surface area contributed by atoms with Gasteiger partial charge < -0.3 is 31.2 Å². The molecule has 0 amide bonds. The lowest BCUT2D eigenvalue weighted by atomic mass is 10.1. The normalized spacial score (nSPS) is 22.7. The van der Waals surface area contributed by atoms with Gasteiger partial charge in [-0.25, -0.2) is 29.7 Å². The van der Waals surface area contributed by atoms with Crippen molar-refractivity contribution >= 4 is 40.1 Å². The number of nitrogens with zero attached hydrogens (tertiary/aromatic N) is 7. The number of carbonyl (C=O) groups excluding carboxylic acids is 1. The van der Waals surface area contributed by atoms with Crippen LogP contribution in [0.3, 0.4) is 0 Å². The van der Waals surface area contributed by atoms with Gasteiger partial charge in [0.15, 0.2) is 34.6 Å². The number of nitrogen functional groups attached to an aromatic ring is 2. The fourth-order valence-corrected chi connectivity index (χ4v) is 3.42. The summed E-state index contributed by atoms with van der Waals surface area (Å²) in [5, 5.41) is 20.9. The summed E-state index contributed by atoms with van der Waals surface area (Å²) < 4.78 is 12.2. The molecule has 0 bridgehead atoms. The standard InChI is InChI=1S/C17H16N10O6/c18-11-7-13(22-3-21-11)27(4-23-7)15-10(29)9(28)6(33-15)2-32-16(31)5-1-20-12-8(24-5)14(30)26-17(19)25-12/h1,3-4,6,9-10,15,28-29H,2H2,(H2,18,21,22)(H3,19,20,25,26,30)/t6-,9-,10-,15-/m1/s1. The first kappa shape index (κ1) is 20.6. The maximum absolute atomic E-state index is 12.4. The molecule has 4 aromatic rings. The number of aromatic amines is 1. The molecule has 0 unspecified atom stereocenters. The van der Waals surface area contributed by atoms with Crippen molar-refractivity contribution in [1.29, 1.82) is 0 Å². The highest BCUT2D eigenvalue weighted by Gasteiger charge is 2.45. The molecule has 4 aromatic heterocycles. The summed E-state index contributed by atoms with van der Waals surface area (Å²) in [7, 11) is 0. The molecule has 1 saturated heterocycles. The molecule has 0 saturated carbocycles. The van der Waals surface area contributed by atoms with Crippen LogP contribution >= 0.6 is 0 Å². The molecule has 16 heteroatoms. The van der Waals surface area contributed by atoms with Gasteiger partial charge in [-0.3, -0.25) is 14.3 Å². The maximum atomic E-state index is 12.4. The second-order valence-electron chi connectivity index (χ2n) is 7.11. The van der Waals surface area contributed by atoms with E-state index < -0.39 is 42.7 Å². The van der Waals surface area contributed by atoms with E-state index in [1.165, 1.54) is 17.2 Å². The van der Waals surface area contributed by atoms with Gasteiger partial charge in [-0.1, -0.05) is 0 Å². The Morgan fingerprint density at radius 1 is 1.15 bits per heavy atom. The van der Waals surface area contributed by atoms with Crippen LogP contribution < -0.4 is 17.0 Å². The molecule has 170 valence electrons. The summed E-state index contributed by atoms with van der Waals surface area (Å²) >= 11 is 0. The lowest BCUT2D eigenvalue weighted by Crippen LogP contribution is -2.34. The van der Waals surface area contributed by atoms with E-state index in [1.807, 2.05) is 0 Å². The molecule has 33 heavy (non-hydrogen) atoms. The van der Waals surface area contributed by atoms with E-state index in [1.54, 1.807) is 0 Å². The van der Waals surface area contributed by atoms with E-state index in [2.05, 4.69) is 34.9 Å². The molecule has 1 aliphatic rings. The topological polar surface area (TPSA) is 243 Å². The maximum Gasteiger partial charge on any atom is 0.358 e. The minimum absolute atomic E-state index is 0.0367. The first-order chi connectivity index (χ1) is 15.8. The molecule has 0 spiro atoms. The van der Waals surface area contributed by atoms with Crippen molar-refractivity contribution in [3.8, 4) is 0 Å². The molecule has 5 heterocycles. The summed E-state index contributed by atoms with van der Waals surface area (Å²) in [5.41, 5.74) is 10.6. The van der Waals surface area contributed by atoms with E-state index in [9.17, 15) is 19.8 Å². The van der Waals surface area contributed by atoms with Crippen LogP contribution in [-0.2, 0) is 9.47 Å². The number of aromatic nitrogens is 8. The minimum Gasteiger partial charge on any atom is -0.458 e. The lowest BCUT2D eigenvalue weighted by molar-refractivity contribution is -0.0566. The van der Waals surface area contributed by atoms with Crippen molar-refractivity contribution in [2.75, 3.05) is 18.1 Å². The highest BCUT2D eigenvalue weighted by molar-refractivity contribution is 5.88. The largest absolute Gasteiger partial charge is 0.458 e. The Labute approximate surface area is 182 Å². The van der Waals surface area contributed by atoms with Crippen LogP contribution in [-0.4, -0.2) is 80.6 Å². The number of hydrogen-bond acceptors (Lipinski definition) is 14. The number of aliphatic hydroxyl groups excluding tert-OH is 2. The van der Waals surface area contributed by atoms with Gasteiger partial charge in [0.05, 0.1) is 12.5 Å². The van der Waals surface area contributed by atoms with Crippen molar-refractivity contribution in [2.24, 2.45) is 0 Å². The molecule has 7 N–H and O–H groups in total. The number of esters is 1. The SMILES string of the molecule is Nc1nc2ncc(C(=O)OC[C@H]3O[C@@H](n4cnc5c(N)ncnc54)[C@H](O)[C@@H]3O)nc2c(=O)[nH]1. The number of carbonyl (C=O) groups is 1. The third kappa shape index (κ3) is 3.47. The fourth-order valence-electron chi connectivity index (χ4n) is 3.42. The molecule has 0 aromatic carbocycles. The monoisotopic (exact) mass is 456 g/mol. The average Bonchev–Trinajstić information content (AvgIpc) is 3.34. The number of ether oxygens (including phenoxy) is 2. The molecule has 0 radical (unpaired) electrons. The highest BCUT2D eigenvalue weighted by atomic mass is 16.6. The van der Waals surface area contributed by atoms with Crippen LogP contribution in [0.15, 0.2) is 23.6 Å². The van der Waals surface area contributed by atoms with Gasteiger partial charge in [-0.2, -0.15) is 4.98 Å². The Balaban J connectivity index is 1.32. The number of anilines is 2. The number of rotatable bonds is 4. The number of hydrogen-bond donors (Lipinski definition) is 5. The fraction of sp³-hybridized carbons (Fsp3) is 0.294. The van der Waals surface area contributed by atoms with Gasteiger partial charge in [-0.05, 0) is 0 Å². The van der Waals surface area contributed by atoms with Crippen molar-refractivity contribution in [1.82, 2.24) is 39.5 Å². The van der Waals surface area contributed by atoms with Gasteiger partial charge in [0.2, 0.25) is 5.95 Å². The molecule has 4 atom stereocenters. The molecule has 16 nitrogen and oxygen atoms in total. The van der Waals surface area contributed by atoms with Crippen molar-refractivity contribution < 1.29 is 24.5 Å². The Morgan fingerprint density at radius 3 is 2.79 bits per heavy atom. The van der Waals surface area contributed by atoms with Crippen LogP contribution in [0.2, 0.25) is 0 Å². The quantitative estimate of drug-likeness (QED) is 0.199. The smallest absolute Gasteiger partial charge is 0.358 e. The van der Waals surface area contributed by atoms with Crippen LogP contribution in [0.5, 0.6) is 0 Å². The average molecular weight is 456 g/mol. The van der Waals surface area contributed by atoms with Crippen molar-refractivity contribution in [2.45, 2.75) is 24.5 Å². The highest BCUT2D eigenvalue weighted by Crippen LogP contribution is 2.32. The Morgan fingerprint density at radius 2 is 1.97 bits per heavy atom. The van der Waals surface area contributed by atoms with E-state index in [-0.39, 0.29) is 28.6 Å². The van der Waals surface area contributed by atoms with Crippen LogP contribution in [0.25, 0.3) is 22.3 Å². The predicted octanol–water partition coefficient (Wildman–Crippen LogP) is -2.51. The van der Waals surface area contributed by atoms with E-state index in [0.717, 1.165) is 6.20 Å². The van der Waals surface area contributed by atoms with Crippen molar-refractivity contribution in [3.05, 3.63) is 34.9 Å². The summed E-state index contributed by atoms with van der Waals surface area (Å²) in [6, 6.07) is 0. The summed E-state index contributed by atoms with van der Waals surface area (Å²) in [6.07, 6.45) is -1.28. The van der Waals surface area contributed by atoms with Crippen LogP contribution in [0.1, 0.15) is 16.7 Å². The number of nitrogens with two attached hydrogens (primary N) is 2. The summed E-state index contributed by atoms with van der Waals surface area (Å²) in [5.74, 6) is -0.925.